The molecule has 2 aromatic rings. The van der Waals surface area contributed by atoms with Crippen molar-refractivity contribution in [3.05, 3.63) is 44.9 Å². The summed E-state index contributed by atoms with van der Waals surface area (Å²) in [6.45, 7) is 5.03. The van der Waals surface area contributed by atoms with Crippen molar-refractivity contribution in [3.8, 4) is 5.75 Å². The highest BCUT2D eigenvalue weighted by Gasteiger charge is 2.14. The zero-order valence-corrected chi connectivity index (χ0v) is 13.5. The normalized spacial score (nSPS) is 12.4. The van der Waals surface area contributed by atoms with Crippen LogP contribution in [0.4, 0.5) is 0 Å². The van der Waals surface area contributed by atoms with Gasteiger partial charge in [0, 0.05) is 17.8 Å². The first-order valence-corrected chi connectivity index (χ1v) is 7.87. The third-order valence-corrected chi connectivity index (χ3v) is 4.24. The first-order valence-electron chi connectivity index (χ1n) is 6.61. The molecule has 0 saturated carbocycles. The predicted molar refractivity (Wildman–Crippen MR) is 85.0 cm³/mol. The Bertz CT molecular complexity index is 571. The van der Waals surface area contributed by atoms with Crippen molar-refractivity contribution < 1.29 is 4.74 Å². The van der Waals surface area contributed by atoms with Gasteiger partial charge in [-0.05, 0) is 31.2 Å². The largest absolute Gasteiger partial charge is 0.495 e. The van der Waals surface area contributed by atoms with Crippen molar-refractivity contribution in [2.24, 2.45) is 0 Å². The van der Waals surface area contributed by atoms with Crippen molar-refractivity contribution in [1.82, 2.24) is 10.3 Å². The number of thiazole rings is 1. The summed E-state index contributed by atoms with van der Waals surface area (Å²) in [5, 5.41) is 7.35. The molecule has 2 rings (SSSR count). The molecule has 0 aliphatic heterocycles. The maximum atomic E-state index is 6.09. The van der Waals surface area contributed by atoms with E-state index in [2.05, 4.69) is 22.6 Å². The smallest absolute Gasteiger partial charge is 0.137 e. The van der Waals surface area contributed by atoms with Gasteiger partial charge in [-0.1, -0.05) is 24.6 Å². The zero-order valence-electron chi connectivity index (χ0n) is 11.9. The van der Waals surface area contributed by atoms with Crippen LogP contribution in [0.3, 0.4) is 0 Å². The molecule has 1 N–H and O–H groups in total. The Morgan fingerprint density at radius 2 is 2.25 bits per heavy atom. The highest BCUT2D eigenvalue weighted by molar-refractivity contribution is 7.09. The Morgan fingerprint density at radius 3 is 2.85 bits per heavy atom. The molecule has 20 heavy (non-hydrogen) atoms. The Morgan fingerprint density at radius 1 is 1.45 bits per heavy atom. The van der Waals surface area contributed by atoms with Gasteiger partial charge in [0.1, 0.15) is 5.75 Å². The summed E-state index contributed by atoms with van der Waals surface area (Å²) in [5.41, 5.74) is 2.28. The van der Waals surface area contributed by atoms with Gasteiger partial charge in [-0.15, -0.1) is 11.3 Å². The van der Waals surface area contributed by atoms with E-state index in [1.165, 1.54) is 5.56 Å². The second kappa shape index (κ2) is 7.07. The molecule has 108 valence electrons. The van der Waals surface area contributed by atoms with Gasteiger partial charge in [0.2, 0.25) is 0 Å². The Kier molecular flexibility index (Phi) is 5.40. The van der Waals surface area contributed by atoms with Crippen molar-refractivity contribution in [2.45, 2.75) is 26.3 Å². The predicted octanol–water partition coefficient (Wildman–Crippen LogP) is 4.01. The van der Waals surface area contributed by atoms with Crippen LogP contribution in [0, 0.1) is 6.92 Å². The van der Waals surface area contributed by atoms with Crippen LogP contribution in [0.2, 0.25) is 5.02 Å². The summed E-state index contributed by atoms with van der Waals surface area (Å²) in [7, 11) is 1.64. The minimum Gasteiger partial charge on any atom is -0.495 e. The second-order valence-electron chi connectivity index (χ2n) is 4.57. The number of aryl methyl sites for hydroxylation is 1. The Labute approximate surface area is 129 Å². The van der Waals surface area contributed by atoms with E-state index in [0.29, 0.717) is 10.8 Å². The molecule has 1 aromatic carbocycles. The molecule has 0 saturated heterocycles. The number of rotatable bonds is 6. The van der Waals surface area contributed by atoms with Crippen molar-refractivity contribution in [3.63, 3.8) is 0 Å². The molecule has 1 atom stereocenters. The van der Waals surface area contributed by atoms with Gasteiger partial charge >= 0.3 is 0 Å². The number of ether oxygens (including phenoxy) is 1. The van der Waals surface area contributed by atoms with E-state index in [1.807, 2.05) is 25.1 Å². The van der Waals surface area contributed by atoms with Gasteiger partial charge in [-0.3, -0.25) is 0 Å². The van der Waals surface area contributed by atoms with E-state index in [9.17, 15) is 0 Å². The number of hydrogen-bond acceptors (Lipinski definition) is 4. The molecule has 1 unspecified atom stereocenters. The van der Waals surface area contributed by atoms with Gasteiger partial charge < -0.3 is 10.1 Å². The summed E-state index contributed by atoms with van der Waals surface area (Å²) < 4.78 is 5.29. The summed E-state index contributed by atoms with van der Waals surface area (Å²) in [4.78, 5) is 4.54. The van der Waals surface area contributed by atoms with Gasteiger partial charge in [0.15, 0.2) is 0 Å². The van der Waals surface area contributed by atoms with E-state index in [4.69, 9.17) is 16.3 Å². The number of benzene rings is 1. The fourth-order valence-corrected chi connectivity index (χ4v) is 2.98. The van der Waals surface area contributed by atoms with Crippen LogP contribution in [0.5, 0.6) is 5.75 Å². The standard InChI is InChI=1S/C15H19ClN2OS/c1-4-17-14(8-12-9-20-10(2)18-12)11-5-6-13(16)15(7-11)19-3/h5-7,9,14,17H,4,8H2,1-3H3. The van der Waals surface area contributed by atoms with Crippen LogP contribution in [0.25, 0.3) is 0 Å². The monoisotopic (exact) mass is 310 g/mol. The molecule has 0 fully saturated rings. The number of nitrogens with one attached hydrogen (secondary N) is 1. The van der Waals surface area contributed by atoms with Gasteiger partial charge in [-0.25, -0.2) is 4.98 Å². The van der Waals surface area contributed by atoms with E-state index < -0.39 is 0 Å². The maximum Gasteiger partial charge on any atom is 0.137 e. The summed E-state index contributed by atoms with van der Waals surface area (Å²) >= 11 is 7.77. The lowest BCUT2D eigenvalue weighted by molar-refractivity contribution is 0.413. The lowest BCUT2D eigenvalue weighted by Crippen LogP contribution is -2.23. The van der Waals surface area contributed by atoms with Crippen molar-refractivity contribution >= 4 is 22.9 Å². The molecule has 0 radical (unpaired) electrons. The molecule has 0 aliphatic carbocycles. The molecule has 0 aliphatic rings. The first kappa shape index (κ1) is 15.3. The van der Waals surface area contributed by atoms with Crippen LogP contribution in [0.1, 0.15) is 29.2 Å². The summed E-state index contributed by atoms with van der Waals surface area (Å²) in [5.74, 6) is 0.710. The third kappa shape index (κ3) is 3.72. The fraction of sp³-hybridized carbons (Fsp3) is 0.400. The molecule has 1 heterocycles. The number of methoxy groups -OCH3 is 1. The van der Waals surface area contributed by atoms with Gasteiger partial charge in [0.05, 0.1) is 22.8 Å². The lowest BCUT2D eigenvalue weighted by Gasteiger charge is -2.18. The number of nitrogens with zero attached hydrogens (tertiary/aromatic N) is 1. The SMILES string of the molecule is CCNC(Cc1csc(C)n1)c1ccc(Cl)c(OC)c1. The highest BCUT2D eigenvalue weighted by Crippen LogP contribution is 2.29. The van der Waals surface area contributed by atoms with E-state index in [-0.39, 0.29) is 6.04 Å². The molecule has 0 bridgehead atoms. The number of halogens is 1. The van der Waals surface area contributed by atoms with Crippen molar-refractivity contribution in [1.29, 1.82) is 0 Å². The van der Waals surface area contributed by atoms with Crippen LogP contribution >= 0.6 is 22.9 Å². The summed E-state index contributed by atoms with van der Waals surface area (Å²) in [6, 6.07) is 6.13. The van der Waals surface area contributed by atoms with E-state index >= 15 is 0 Å². The lowest BCUT2D eigenvalue weighted by atomic mass is 10.0. The van der Waals surface area contributed by atoms with E-state index in [0.717, 1.165) is 23.7 Å². The second-order valence-corrected chi connectivity index (χ2v) is 6.04. The Balaban J connectivity index is 2.23. The molecule has 5 heteroatoms. The number of likely N-dealkylation sites (N-methyl/N-ethyl adjacent to an activating group) is 1. The van der Waals surface area contributed by atoms with Crippen LogP contribution in [-0.2, 0) is 6.42 Å². The number of hydrogen-bond donors (Lipinski definition) is 1. The summed E-state index contributed by atoms with van der Waals surface area (Å²) in [6.07, 6.45) is 0.864. The van der Waals surface area contributed by atoms with Crippen LogP contribution in [-0.4, -0.2) is 18.6 Å². The van der Waals surface area contributed by atoms with Crippen molar-refractivity contribution in [2.75, 3.05) is 13.7 Å². The van der Waals surface area contributed by atoms with Gasteiger partial charge in [0.25, 0.3) is 0 Å². The average molecular weight is 311 g/mol. The molecular weight excluding hydrogens is 292 g/mol. The minimum atomic E-state index is 0.215. The molecule has 1 aromatic heterocycles. The highest BCUT2D eigenvalue weighted by atomic mass is 35.5. The minimum absolute atomic E-state index is 0.215. The quantitative estimate of drug-likeness (QED) is 0.875. The van der Waals surface area contributed by atoms with Gasteiger partial charge in [-0.2, -0.15) is 0 Å². The maximum absolute atomic E-state index is 6.09. The third-order valence-electron chi connectivity index (χ3n) is 3.11. The fourth-order valence-electron chi connectivity index (χ4n) is 2.16. The Hall–Kier alpha value is -1.10. The molecule has 0 amide bonds. The zero-order chi connectivity index (χ0) is 14.5. The molecular formula is C15H19ClN2OS. The first-order chi connectivity index (χ1) is 9.63. The van der Waals surface area contributed by atoms with E-state index in [1.54, 1.807) is 18.4 Å². The topological polar surface area (TPSA) is 34.2 Å². The molecule has 0 spiro atoms. The average Bonchev–Trinajstić information content (AvgIpc) is 2.84. The molecule has 3 nitrogen and oxygen atoms in total. The number of aromatic nitrogens is 1. The van der Waals surface area contributed by atoms with Crippen LogP contribution < -0.4 is 10.1 Å². The van der Waals surface area contributed by atoms with Crippen LogP contribution in [0.15, 0.2) is 23.6 Å².